The summed E-state index contributed by atoms with van der Waals surface area (Å²) in [5.74, 6) is -0.749. The van der Waals surface area contributed by atoms with E-state index in [1.807, 2.05) is 0 Å². The Morgan fingerprint density at radius 1 is 1.20 bits per heavy atom. The molecular weight excluding hydrogens is 371 g/mol. The van der Waals surface area contributed by atoms with Crippen LogP contribution in [0.1, 0.15) is 0 Å². The Hall–Kier alpha value is -2.32. The van der Waals surface area contributed by atoms with Crippen LogP contribution in [-0.2, 0) is 14.8 Å². The largest absolute Gasteiger partial charge is 0.484 e. The first-order valence-corrected chi connectivity index (χ1v) is 8.96. The first kappa shape index (κ1) is 19.0. The van der Waals surface area contributed by atoms with E-state index in [1.54, 1.807) is 14.1 Å². The monoisotopic (exact) mass is 386 g/mol. The zero-order valence-electron chi connectivity index (χ0n) is 13.5. The molecule has 6 nitrogen and oxygen atoms in total. The number of carbonyl (C=O) groups is 1. The summed E-state index contributed by atoms with van der Waals surface area (Å²) in [6, 6.07) is 9.19. The molecule has 9 heteroatoms. The van der Waals surface area contributed by atoms with Gasteiger partial charge in [-0.15, -0.1) is 0 Å². The maximum Gasteiger partial charge on any atom is 0.264 e. The third kappa shape index (κ3) is 5.07. The van der Waals surface area contributed by atoms with E-state index in [0.29, 0.717) is 5.75 Å². The van der Waals surface area contributed by atoms with Gasteiger partial charge in [0.1, 0.15) is 16.5 Å². The minimum Gasteiger partial charge on any atom is -0.484 e. The lowest BCUT2D eigenvalue weighted by Crippen LogP contribution is -2.27. The smallest absolute Gasteiger partial charge is 0.264 e. The molecule has 0 unspecified atom stereocenters. The number of carbonyl (C=O) groups excluding carboxylic acids is 1. The van der Waals surface area contributed by atoms with Crippen LogP contribution in [0.3, 0.4) is 0 Å². The van der Waals surface area contributed by atoms with Crippen molar-refractivity contribution in [1.82, 2.24) is 4.90 Å². The second-order valence-electron chi connectivity index (χ2n) is 5.28. The van der Waals surface area contributed by atoms with Gasteiger partial charge in [0.15, 0.2) is 6.61 Å². The number of nitrogens with zero attached hydrogens (tertiary/aromatic N) is 1. The van der Waals surface area contributed by atoms with Crippen molar-refractivity contribution in [3.8, 4) is 5.75 Å². The Labute approximate surface area is 150 Å². The van der Waals surface area contributed by atoms with Crippen LogP contribution in [-0.4, -0.2) is 39.9 Å². The standard InChI is InChI=1S/C16H16ClFN2O4S/c1-20(2)16(21)10-24-13-6-4-12(5-7-13)19-25(22,23)15-8-3-11(17)9-14(15)18/h3-9,19H,10H2,1-2H3. The molecule has 0 aliphatic rings. The van der Waals surface area contributed by atoms with E-state index in [4.69, 9.17) is 16.3 Å². The van der Waals surface area contributed by atoms with Gasteiger partial charge in [0, 0.05) is 24.8 Å². The predicted octanol–water partition coefficient (Wildman–Crippen LogP) is 2.75. The molecule has 0 saturated carbocycles. The van der Waals surface area contributed by atoms with Crippen LogP contribution >= 0.6 is 11.6 Å². The molecule has 0 atom stereocenters. The summed E-state index contributed by atoms with van der Waals surface area (Å²) >= 11 is 5.62. The highest BCUT2D eigenvalue weighted by atomic mass is 35.5. The van der Waals surface area contributed by atoms with Gasteiger partial charge in [-0.05, 0) is 42.5 Å². The van der Waals surface area contributed by atoms with Crippen LogP contribution in [0.5, 0.6) is 5.75 Å². The van der Waals surface area contributed by atoms with E-state index >= 15 is 0 Å². The molecule has 1 N–H and O–H groups in total. The Kier molecular flexibility index (Phi) is 5.86. The SMILES string of the molecule is CN(C)C(=O)COc1ccc(NS(=O)(=O)c2ccc(Cl)cc2F)cc1. The van der Waals surface area contributed by atoms with Crippen molar-refractivity contribution in [3.05, 3.63) is 53.3 Å². The molecule has 0 heterocycles. The zero-order chi connectivity index (χ0) is 18.6. The van der Waals surface area contributed by atoms with Crippen molar-refractivity contribution < 1.29 is 22.3 Å². The number of rotatable bonds is 6. The van der Waals surface area contributed by atoms with Gasteiger partial charge in [-0.3, -0.25) is 9.52 Å². The Morgan fingerprint density at radius 2 is 1.84 bits per heavy atom. The molecule has 2 aromatic rings. The second kappa shape index (κ2) is 7.71. The van der Waals surface area contributed by atoms with Crippen molar-refractivity contribution in [2.24, 2.45) is 0 Å². The molecule has 0 aliphatic carbocycles. The van der Waals surface area contributed by atoms with E-state index in [0.717, 1.165) is 12.1 Å². The van der Waals surface area contributed by atoms with Crippen LogP contribution in [0, 0.1) is 5.82 Å². The summed E-state index contributed by atoms with van der Waals surface area (Å²) < 4.78 is 45.8. The summed E-state index contributed by atoms with van der Waals surface area (Å²) in [4.78, 5) is 12.3. The number of nitrogens with one attached hydrogen (secondary N) is 1. The third-order valence-electron chi connectivity index (χ3n) is 3.15. The molecule has 2 rings (SSSR count). The molecule has 0 fully saturated rings. The van der Waals surface area contributed by atoms with Crippen LogP contribution in [0.2, 0.25) is 5.02 Å². The lowest BCUT2D eigenvalue weighted by atomic mass is 10.3. The molecule has 0 aromatic heterocycles. The average Bonchev–Trinajstić information content (AvgIpc) is 2.53. The molecule has 0 aliphatic heterocycles. The fourth-order valence-corrected chi connectivity index (χ4v) is 3.07. The molecule has 0 spiro atoms. The average molecular weight is 387 g/mol. The van der Waals surface area contributed by atoms with Gasteiger partial charge >= 0.3 is 0 Å². The second-order valence-corrected chi connectivity index (χ2v) is 7.37. The van der Waals surface area contributed by atoms with Crippen LogP contribution in [0.4, 0.5) is 10.1 Å². The highest BCUT2D eigenvalue weighted by Crippen LogP contribution is 2.23. The van der Waals surface area contributed by atoms with Crippen LogP contribution in [0.15, 0.2) is 47.4 Å². The van der Waals surface area contributed by atoms with Crippen molar-refractivity contribution in [2.75, 3.05) is 25.4 Å². The fourth-order valence-electron chi connectivity index (χ4n) is 1.80. The summed E-state index contributed by atoms with van der Waals surface area (Å²) in [6.45, 7) is -0.131. The number of hydrogen-bond donors (Lipinski definition) is 1. The topological polar surface area (TPSA) is 75.7 Å². The number of anilines is 1. The molecule has 2 aromatic carbocycles. The first-order valence-electron chi connectivity index (χ1n) is 7.10. The van der Waals surface area contributed by atoms with E-state index in [1.165, 1.54) is 35.2 Å². The highest BCUT2D eigenvalue weighted by molar-refractivity contribution is 7.92. The van der Waals surface area contributed by atoms with E-state index in [9.17, 15) is 17.6 Å². The number of likely N-dealkylation sites (N-methyl/N-ethyl adjacent to an activating group) is 1. The molecule has 0 bridgehead atoms. The predicted molar refractivity (Wildman–Crippen MR) is 92.8 cm³/mol. The van der Waals surface area contributed by atoms with Crippen molar-refractivity contribution >= 4 is 33.2 Å². The molecule has 134 valence electrons. The minimum atomic E-state index is -4.10. The van der Waals surface area contributed by atoms with Gasteiger partial charge in [0.25, 0.3) is 15.9 Å². The van der Waals surface area contributed by atoms with E-state index < -0.39 is 20.7 Å². The first-order chi connectivity index (χ1) is 11.7. The number of sulfonamides is 1. The van der Waals surface area contributed by atoms with Crippen molar-refractivity contribution in [1.29, 1.82) is 0 Å². The Morgan fingerprint density at radius 3 is 2.40 bits per heavy atom. The van der Waals surface area contributed by atoms with Crippen molar-refractivity contribution in [2.45, 2.75) is 4.90 Å². The summed E-state index contributed by atoms with van der Waals surface area (Å²) in [5, 5.41) is 0.102. The Bertz CT molecular complexity index is 870. The highest BCUT2D eigenvalue weighted by Gasteiger charge is 2.19. The molecule has 0 radical (unpaired) electrons. The quantitative estimate of drug-likeness (QED) is 0.828. The van der Waals surface area contributed by atoms with Gasteiger partial charge in [-0.1, -0.05) is 11.6 Å². The normalized spacial score (nSPS) is 11.0. The third-order valence-corrected chi connectivity index (χ3v) is 4.80. The molecule has 0 saturated heterocycles. The van der Waals surface area contributed by atoms with Gasteiger partial charge in [-0.25, -0.2) is 12.8 Å². The maximum atomic E-state index is 13.8. The van der Waals surface area contributed by atoms with Gasteiger partial charge < -0.3 is 9.64 Å². The van der Waals surface area contributed by atoms with Gasteiger partial charge in [-0.2, -0.15) is 0 Å². The maximum absolute atomic E-state index is 13.8. The lowest BCUT2D eigenvalue weighted by molar-refractivity contribution is -0.130. The zero-order valence-corrected chi connectivity index (χ0v) is 15.1. The summed E-state index contributed by atoms with van der Waals surface area (Å²) in [6.07, 6.45) is 0. The Balaban J connectivity index is 2.08. The number of amides is 1. The molecule has 25 heavy (non-hydrogen) atoms. The van der Waals surface area contributed by atoms with Crippen LogP contribution in [0.25, 0.3) is 0 Å². The summed E-state index contributed by atoms with van der Waals surface area (Å²) in [5.41, 5.74) is 0.223. The van der Waals surface area contributed by atoms with E-state index in [2.05, 4.69) is 4.72 Å². The number of benzene rings is 2. The molecule has 1 amide bonds. The minimum absolute atomic E-state index is 0.102. The van der Waals surface area contributed by atoms with Gasteiger partial charge in [0.2, 0.25) is 0 Å². The lowest BCUT2D eigenvalue weighted by Gasteiger charge is -2.12. The summed E-state index contributed by atoms with van der Waals surface area (Å²) in [7, 11) is -0.875. The fraction of sp³-hybridized carbons (Fsp3) is 0.188. The van der Waals surface area contributed by atoms with Gasteiger partial charge in [0.05, 0.1) is 0 Å². The number of halogens is 2. The number of hydrogen-bond acceptors (Lipinski definition) is 4. The molecular formula is C16H16ClFN2O4S. The number of ether oxygens (including phenoxy) is 1. The van der Waals surface area contributed by atoms with Crippen LogP contribution < -0.4 is 9.46 Å². The van der Waals surface area contributed by atoms with E-state index in [-0.39, 0.29) is 23.2 Å². The van der Waals surface area contributed by atoms with Crippen molar-refractivity contribution in [3.63, 3.8) is 0 Å².